The molecule has 1 N–H and O–H groups in total. The summed E-state index contributed by atoms with van der Waals surface area (Å²) in [6.07, 6.45) is 6.30. The smallest absolute Gasteiger partial charge is 0.137 e. The van der Waals surface area contributed by atoms with Gasteiger partial charge in [0.2, 0.25) is 0 Å². The van der Waals surface area contributed by atoms with Gasteiger partial charge in [0.25, 0.3) is 0 Å². The first kappa shape index (κ1) is 14.0. The van der Waals surface area contributed by atoms with Crippen molar-refractivity contribution in [1.82, 2.24) is 4.90 Å². The van der Waals surface area contributed by atoms with Crippen LogP contribution in [0.4, 0.5) is 0 Å². The summed E-state index contributed by atoms with van der Waals surface area (Å²) in [7, 11) is 0. The molecule has 1 saturated carbocycles. The van der Waals surface area contributed by atoms with Gasteiger partial charge >= 0.3 is 0 Å². The van der Waals surface area contributed by atoms with Crippen LogP contribution in [-0.4, -0.2) is 41.5 Å². The van der Waals surface area contributed by atoms with Gasteiger partial charge in [-0.1, -0.05) is 20.3 Å². The Hall–Kier alpha value is -0.410. The molecule has 0 aromatic heterocycles. The zero-order chi connectivity index (χ0) is 13.2. The van der Waals surface area contributed by atoms with Crippen LogP contribution in [0.15, 0.2) is 0 Å². The Morgan fingerprint density at radius 1 is 1.39 bits per heavy atom. The minimum absolute atomic E-state index is 0.195. The fourth-order valence-electron chi connectivity index (χ4n) is 3.51. The second-order valence-corrected chi connectivity index (χ2v) is 6.86. The number of likely N-dealkylation sites (tertiary alicyclic amines) is 1. The number of carbonyl (C=O) groups is 1. The average Bonchev–Trinajstić information content (AvgIpc) is 2.34. The number of hydrogen-bond donors (Lipinski definition) is 1. The van der Waals surface area contributed by atoms with Gasteiger partial charge in [0.05, 0.1) is 6.61 Å². The van der Waals surface area contributed by atoms with E-state index >= 15 is 0 Å². The molecule has 18 heavy (non-hydrogen) atoms. The average molecular weight is 253 g/mol. The topological polar surface area (TPSA) is 40.5 Å². The predicted molar refractivity (Wildman–Crippen MR) is 72.4 cm³/mol. The highest BCUT2D eigenvalue weighted by molar-refractivity contribution is 5.82. The Balaban J connectivity index is 1.96. The summed E-state index contributed by atoms with van der Waals surface area (Å²) in [6, 6.07) is 0.289. The Morgan fingerprint density at radius 2 is 2.17 bits per heavy atom. The lowest BCUT2D eigenvalue weighted by atomic mass is 9.71. The number of rotatable bonds is 3. The molecule has 0 aromatic rings. The normalized spacial score (nSPS) is 33.6. The summed E-state index contributed by atoms with van der Waals surface area (Å²) in [6.45, 7) is 6.70. The van der Waals surface area contributed by atoms with E-state index in [-0.39, 0.29) is 18.6 Å². The highest BCUT2D eigenvalue weighted by Crippen LogP contribution is 2.37. The van der Waals surface area contributed by atoms with E-state index < -0.39 is 0 Å². The quantitative estimate of drug-likeness (QED) is 0.838. The lowest BCUT2D eigenvalue weighted by Gasteiger charge is -2.40. The van der Waals surface area contributed by atoms with Crippen molar-refractivity contribution < 1.29 is 9.90 Å². The van der Waals surface area contributed by atoms with Gasteiger partial charge < -0.3 is 5.11 Å². The molecule has 3 heteroatoms. The van der Waals surface area contributed by atoms with Crippen LogP contribution in [-0.2, 0) is 4.79 Å². The first-order valence-corrected chi connectivity index (χ1v) is 7.39. The molecule has 0 bridgehead atoms. The molecule has 2 unspecified atom stereocenters. The van der Waals surface area contributed by atoms with Crippen molar-refractivity contribution in [3.63, 3.8) is 0 Å². The summed E-state index contributed by atoms with van der Waals surface area (Å²) in [5, 5.41) is 9.43. The third-order valence-corrected chi connectivity index (χ3v) is 4.72. The van der Waals surface area contributed by atoms with Crippen molar-refractivity contribution in [2.45, 2.75) is 58.4 Å². The first-order chi connectivity index (χ1) is 8.52. The SMILES string of the molecule is CC1(C)CCC(=O)C(CN2CCCCC2CO)C1. The zero-order valence-electron chi connectivity index (χ0n) is 11.8. The summed E-state index contributed by atoms with van der Waals surface area (Å²) < 4.78 is 0. The van der Waals surface area contributed by atoms with E-state index in [2.05, 4.69) is 18.7 Å². The van der Waals surface area contributed by atoms with E-state index in [0.29, 0.717) is 11.2 Å². The number of aliphatic hydroxyl groups excluding tert-OH is 1. The molecule has 2 aliphatic rings. The summed E-state index contributed by atoms with van der Waals surface area (Å²) in [4.78, 5) is 14.4. The maximum absolute atomic E-state index is 12.1. The zero-order valence-corrected chi connectivity index (χ0v) is 11.8. The van der Waals surface area contributed by atoms with Gasteiger partial charge in [-0.15, -0.1) is 0 Å². The molecule has 1 aliphatic heterocycles. The highest BCUT2D eigenvalue weighted by atomic mass is 16.3. The maximum atomic E-state index is 12.1. The number of aliphatic hydroxyl groups is 1. The van der Waals surface area contributed by atoms with Gasteiger partial charge in [0.15, 0.2) is 0 Å². The van der Waals surface area contributed by atoms with Crippen LogP contribution >= 0.6 is 0 Å². The monoisotopic (exact) mass is 253 g/mol. The third kappa shape index (κ3) is 3.33. The van der Waals surface area contributed by atoms with Crippen molar-refractivity contribution in [2.75, 3.05) is 19.7 Å². The van der Waals surface area contributed by atoms with Crippen LogP contribution in [0.25, 0.3) is 0 Å². The molecule has 1 aliphatic carbocycles. The summed E-state index contributed by atoms with van der Waals surface area (Å²) in [5.74, 6) is 0.637. The minimum Gasteiger partial charge on any atom is -0.395 e. The largest absolute Gasteiger partial charge is 0.395 e. The maximum Gasteiger partial charge on any atom is 0.137 e. The molecule has 0 aromatic carbocycles. The Kier molecular flexibility index (Phi) is 4.44. The van der Waals surface area contributed by atoms with Crippen LogP contribution in [0.2, 0.25) is 0 Å². The number of carbonyl (C=O) groups excluding carboxylic acids is 1. The molecule has 0 amide bonds. The second kappa shape index (κ2) is 5.70. The minimum atomic E-state index is 0.195. The first-order valence-electron chi connectivity index (χ1n) is 7.39. The van der Waals surface area contributed by atoms with Gasteiger partial charge in [0, 0.05) is 24.9 Å². The van der Waals surface area contributed by atoms with Crippen LogP contribution in [0.5, 0.6) is 0 Å². The van der Waals surface area contributed by atoms with E-state index in [4.69, 9.17) is 0 Å². The van der Waals surface area contributed by atoms with Crippen LogP contribution in [0.1, 0.15) is 52.4 Å². The molecule has 0 spiro atoms. The Morgan fingerprint density at radius 3 is 2.89 bits per heavy atom. The van der Waals surface area contributed by atoms with Gasteiger partial charge in [-0.2, -0.15) is 0 Å². The van der Waals surface area contributed by atoms with Crippen LogP contribution < -0.4 is 0 Å². The number of Topliss-reactive ketones (excluding diaryl/α,β-unsaturated/α-hetero) is 1. The molecule has 2 atom stereocenters. The number of piperidine rings is 1. The molecule has 1 heterocycles. The van der Waals surface area contributed by atoms with Gasteiger partial charge in [0.1, 0.15) is 5.78 Å². The molecular weight excluding hydrogens is 226 g/mol. The number of hydrogen-bond acceptors (Lipinski definition) is 3. The number of nitrogens with zero attached hydrogens (tertiary/aromatic N) is 1. The summed E-state index contributed by atoms with van der Waals surface area (Å²) in [5.41, 5.74) is 0.309. The molecule has 0 radical (unpaired) electrons. The molecular formula is C15H27NO2. The number of ketones is 1. The fraction of sp³-hybridized carbons (Fsp3) is 0.933. The lowest BCUT2D eigenvalue weighted by molar-refractivity contribution is -0.128. The predicted octanol–water partition coefficient (Wildman–Crippen LogP) is 2.23. The van der Waals surface area contributed by atoms with Gasteiger partial charge in [-0.3, -0.25) is 9.69 Å². The van der Waals surface area contributed by atoms with Gasteiger partial charge in [-0.25, -0.2) is 0 Å². The van der Waals surface area contributed by atoms with Crippen LogP contribution in [0.3, 0.4) is 0 Å². The van der Waals surface area contributed by atoms with E-state index in [0.717, 1.165) is 38.8 Å². The van der Waals surface area contributed by atoms with Gasteiger partial charge in [-0.05, 0) is 37.6 Å². The summed E-state index contributed by atoms with van der Waals surface area (Å²) >= 11 is 0. The van der Waals surface area contributed by atoms with E-state index in [1.807, 2.05) is 0 Å². The Bertz CT molecular complexity index is 301. The van der Waals surface area contributed by atoms with Crippen molar-refractivity contribution in [3.8, 4) is 0 Å². The molecule has 104 valence electrons. The molecule has 3 nitrogen and oxygen atoms in total. The third-order valence-electron chi connectivity index (χ3n) is 4.72. The van der Waals surface area contributed by atoms with E-state index in [9.17, 15) is 9.90 Å². The van der Waals surface area contributed by atoms with E-state index in [1.165, 1.54) is 12.8 Å². The van der Waals surface area contributed by atoms with Crippen LogP contribution in [0, 0.1) is 11.3 Å². The molecule has 1 saturated heterocycles. The molecule has 2 rings (SSSR count). The standard InChI is InChI=1S/C15H27NO2/c1-15(2)7-6-14(18)12(9-15)10-16-8-4-3-5-13(16)11-17/h12-13,17H,3-11H2,1-2H3. The van der Waals surface area contributed by atoms with E-state index in [1.54, 1.807) is 0 Å². The second-order valence-electron chi connectivity index (χ2n) is 6.86. The van der Waals surface area contributed by atoms with Crippen molar-refractivity contribution in [2.24, 2.45) is 11.3 Å². The highest BCUT2D eigenvalue weighted by Gasteiger charge is 2.35. The lowest BCUT2D eigenvalue weighted by Crippen LogP contribution is -2.47. The van der Waals surface area contributed by atoms with Crippen molar-refractivity contribution in [1.29, 1.82) is 0 Å². The fourth-order valence-corrected chi connectivity index (χ4v) is 3.51. The Labute approximate surface area is 111 Å². The van der Waals surface area contributed by atoms with Crippen molar-refractivity contribution >= 4 is 5.78 Å². The van der Waals surface area contributed by atoms with Crippen molar-refractivity contribution in [3.05, 3.63) is 0 Å². The molecule has 2 fully saturated rings.